The lowest BCUT2D eigenvalue weighted by atomic mass is 9.85. The highest BCUT2D eigenvalue weighted by molar-refractivity contribution is 5.74. The van der Waals surface area contributed by atoms with Crippen molar-refractivity contribution in [3.63, 3.8) is 0 Å². The Labute approximate surface area is 101 Å². The normalized spacial score (nSPS) is 11.4. The second-order valence-corrected chi connectivity index (χ2v) is 5.03. The first kappa shape index (κ1) is 13.5. The van der Waals surface area contributed by atoms with E-state index in [-0.39, 0.29) is 5.82 Å². The van der Waals surface area contributed by atoms with E-state index >= 15 is 0 Å². The van der Waals surface area contributed by atoms with Crippen LogP contribution in [-0.4, -0.2) is 25.2 Å². The maximum atomic E-state index is 13.2. The maximum Gasteiger partial charge on any atom is 0.309 e. The highest BCUT2D eigenvalue weighted by Crippen LogP contribution is 2.28. The third kappa shape index (κ3) is 3.19. The molecule has 0 saturated carbocycles. The number of carbonyl (C=O) groups is 1. The van der Waals surface area contributed by atoms with Gasteiger partial charge in [0, 0.05) is 19.8 Å². The fourth-order valence-corrected chi connectivity index (χ4v) is 1.68. The number of carboxylic acid groups (broad SMARTS) is 1. The van der Waals surface area contributed by atoms with Gasteiger partial charge in [0.05, 0.1) is 5.41 Å². The van der Waals surface area contributed by atoms with Crippen molar-refractivity contribution in [2.24, 2.45) is 5.41 Å². The first-order valence-corrected chi connectivity index (χ1v) is 5.43. The fraction of sp³-hybridized carbons (Fsp3) is 0.462. The number of anilines is 1. The summed E-state index contributed by atoms with van der Waals surface area (Å²) in [5.41, 5.74) is 0.654. The van der Waals surface area contributed by atoms with E-state index in [0.717, 1.165) is 5.69 Å². The zero-order chi connectivity index (χ0) is 13.2. The van der Waals surface area contributed by atoms with Gasteiger partial charge in [-0.1, -0.05) is 0 Å². The molecule has 0 atom stereocenters. The summed E-state index contributed by atoms with van der Waals surface area (Å²) in [7, 11) is 3.70. The van der Waals surface area contributed by atoms with E-state index in [1.54, 1.807) is 19.9 Å². The molecule has 0 aliphatic carbocycles. The van der Waals surface area contributed by atoms with Crippen LogP contribution >= 0.6 is 0 Å². The van der Waals surface area contributed by atoms with Crippen LogP contribution in [0.5, 0.6) is 0 Å². The molecule has 0 aromatic heterocycles. The van der Waals surface area contributed by atoms with Crippen molar-refractivity contribution < 1.29 is 14.3 Å². The van der Waals surface area contributed by atoms with Crippen LogP contribution in [0.4, 0.5) is 10.1 Å². The summed E-state index contributed by atoms with van der Waals surface area (Å²) in [6, 6.07) is 4.45. The lowest BCUT2D eigenvalue weighted by Crippen LogP contribution is -2.27. The van der Waals surface area contributed by atoms with Crippen LogP contribution in [0.25, 0.3) is 0 Å². The SMILES string of the molecule is CN(C)c1ccc(F)cc1CC(C)(C)C(=O)O. The Kier molecular flexibility index (Phi) is 3.76. The quantitative estimate of drug-likeness (QED) is 0.877. The zero-order valence-electron chi connectivity index (χ0n) is 10.6. The molecule has 0 aliphatic rings. The molecule has 0 aliphatic heterocycles. The molecule has 1 rings (SSSR count). The summed E-state index contributed by atoms with van der Waals surface area (Å²) in [5, 5.41) is 9.09. The van der Waals surface area contributed by atoms with Crippen molar-refractivity contribution in [1.29, 1.82) is 0 Å². The number of aliphatic carboxylic acids is 1. The molecule has 94 valence electrons. The number of halogens is 1. The van der Waals surface area contributed by atoms with E-state index in [0.29, 0.717) is 12.0 Å². The predicted molar refractivity (Wildman–Crippen MR) is 65.8 cm³/mol. The average Bonchev–Trinajstić information content (AvgIpc) is 2.15. The molecule has 1 aromatic carbocycles. The van der Waals surface area contributed by atoms with E-state index in [1.807, 2.05) is 19.0 Å². The molecule has 17 heavy (non-hydrogen) atoms. The molecule has 0 spiro atoms. The molecule has 3 nitrogen and oxygen atoms in total. The fourth-order valence-electron chi connectivity index (χ4n) is 1.68. The zero-order valence-corrected chi connectivity index (χ0v) is 10.6. The van der Waals surface area contributed by atoms with Crippen molar-refractivity contribution in [3.05, 3.63) is 29.6 Å². The summed E-state index contributed by atoms with van der Waals surface area (Å²) in [4.78, 5) is 12.9. The first-order valence-electron chi connectivity index (χ1n) is 5.43. The van der Waals surface area contributed by atoms with Gasteiger partial charge in [0.25, 0.3) is 0 Å². The Morgan fingerprint density at radius 3 is 2.47 bits per heavy atom. The van der Waals surface area contributed by atoms with Crippen molar-refractivity contribution in [2.45, 2.75) is 20.3 Å². The van der Waals surface area contributed by atoms with Gasteiger partial charge >= 0.3 is 5.97 Å². The van der Waals surface area contributed by atoms with Crippen molar-refractivity contribution in [1.82, 2.24) is 0 Å². The van der Waals surface area contributed by atoms with Crippen LogP contribution in [0.1, 0.15) is 19.4 Å². The van der Waals surface area contributed by atoms with Gasteiger partial charge in [-0.05, 0) is 44.0 Å². The monoisotopic (exact) mass is 239 g/mol. The van der Waals surface area contributed by atoms with Crippen LogP contribution in [0, 0.1) is 11.2 Å². The third-order valence-corrected chi connectivity index (χ3v) is 2.73. The van der Waals surface area contributed by atoms with Gasteiger partial charge in [0.2, 0.25) is 0 Å². The van der Waals surface area contributed by atoms with Crippen LogP contribution < -0.4 is 4.90 Å². The Morgan fingerprint density at radius 1 is 1.41 bits per heavy atom. The van der Waals surface area contributed by atoms with Gasteiger partial charge in [0.15, 0.2) is 0 Å². The van der Waals surface area contributed by atoms with Gasteiger partial charge in [-0.25, -0.2) is 4.39 Å². The Balaban J connectivity index is 3.12. The molecular weight excluding hydrogens is 221 g/mol. The van der Waals surface area contributed by atoms with Gasteiger partial charge in [-0.2, -0.15) is 0 Å². The Bertz CT molecular complexity index is 427. The van der Waals surface area contributed by atoms with Crippen LogP contribution in [0.15, 0.2) is 18.2 Å². The number of carboxylic acids is 1. The smallest absolute Gasteiger partial charge is 0.309 e. The Morgan fingerprint density at radius 2 is 2.00 bits per heavy atom. The molecule has 0 unspecified atom stereocenters. The summed E-state index contributed by atoms with van der Waals surface area (Å²) in [5.74, 6) is -1.22. The summed E-state index contributed by atoms with van der Waals surface area (Å²) in [6.45, 7) is 3.28. The van der Waals surface area contributed by atoms with Crippen LogP contribution in [-0.2, 0) is 11.2 Å². The predicted octanol–water partition coefficient (Wildman–Crippen LogP) is 2.54. The van der Waals surface area contributed by atoms with E-state index in [4.69, 9.17) is 5.11 Å². The topological polar surface area (TPSA) is 40.5 Å². The van der Waals surface area contributed by atoms with Crippen LogP contribution in [0.2, 0.25) is 0 Å². The molecular formula is C13H18FNO2. The molecule has 0 bridgehead atoms. The molecule has 0 fully saturated rings. The van der Waals surface area contributed by atoms with E-state index < -0.39 is 11.4 Å². The lowest BCUT2D eigenvalue weighted by molar-refractivity contribution is -0.146. The van der Waals surface area contributed by atoms with E-state index in [9.17, 15) is 9.18 Å². The molecule has 1 aromatic rings. The van der Waals surface area contributed by atoms with Gasteiger partial charge in [-0.3, -0.25) is 4.79 Å². The van der Waals surface area contributed by atoms with Gasteiger partial charge in [0.1, 0.15) is 5.82 Å². The highest BCUT2D eigenvalue weighted by atomic mass is 19.1. The van der Waals surface area contributed by atoms with Crippen molar-refractivity contribution in [3.8, 4) is 0 Å². The second-order valence-electron chi connectivity index (χ2n) is 5.03. The minimum Gasteiger partial charge on any atom is -0.481 e. The van der Waals surface area contributed by atoms with Crippen molar-refractivity contribution >= 4 is 11.7 Å². The highest BCUT2D eigenvalue weighted by Gasteiger charge is 2.28. The average molecular weight is 239 g/mol. The number of hydrogen-bond acceptors (Lipinski definition) is 2. The first-order chi connectivity index (χ1) is 7.74. The second kappa shape index (κ2) is 4.73. The molecule has 4 heteroatoms. The van der Waals surface area contributed by atoms with E-state index in [1.165, 1.54) is 12.1 Å². The maximum absolute atomic E-state index is 13.2. The Hall–Kier alpha value is -1.58. The molecule has 1 N–H and O–H groups in total. The minimum absolute atomic E-state index is 0.299. The summed E-state index contributed by atoms with van der Waals surface area (Å²) in [6.07, 6.45) is 0.299. The number of hydrogen-bond donors (Lipinski definition) is 1. The number of benzene rings is 1. The van der Waals surface area contributed by atoms with E-state index in [2.05, 4.69) is 0 Å². The van der Waals surface area contributed by atoms with Gasteiger partial charge in [-0.15, -0.1) is 0 Å². The largest absolute Gasteiger partial charge is 0.481 e. The molecule has 0 amide bonds. The van der Waals surface area contributed by atoms with Crippen LogP contribution in [0.3, 0.4) is 0 Å². The summed E-state index contributed by atoms with van der Waals surface area (Å²) >= 11 is 0. The van der Waals surface area contributed by atoms with Crippen molar-refractivity contribution in [2.75, 3.05) is 19.0 Å². The van der Waals surface area contributed by atoms with Gasteiger partial charge < -0.3 is 10.0 Å². The standard InChI is InChI=1S/C13H18FNO2/c1-13(2,12(16)17)8-9-7-10(14)5-6-11(9)15(3)4/h5-7H,8H2,1-4H3,(H,16,17). The number of rotatable bonds is 4. The third-order valence-electron chi connectivity index (χ3n) is 2.73. The molecule has 0 radical (unpaired) electrons. The lowest BCUT2D eigenvalue weighted by Gasteiger charge is -2.23. The molecule has 0 saturated heterocycles. The number of nitrogens with zero attached hydrogens (tertiary/aromatic N) is 1. The minimum atomic E-state index is -0.904. The summed E-state index contributed by atoms with van der Waals surface area (Å²) < 4.78 is 13.2. The molecule has 0 heterocycles.